The van der Waals surface area contributed by atoms with Gasteiger partial charge < -0.3 is 20.1 Å². The summed E-state index contributed by atoms with van der Waals surface area (Å²) in [7, 11) is 3.13. The Morgan fingerprint density at radius 1 is 1.19 bits per heavy atom. The van der Waals surface area contributed by atoms with Gasteiger partial charge in [-0.05, 0) is 23.1 Å². The van der Waals surface area contributed by atoms with Gasteiger partial charge in [-0.3, -0.25) is 9.59 Å². The van der Waals surface area contributed by atoms with E-state index in [-0.39, 0.29) is 17.2 Å². The van der Waals surface area contributed by atoms with Gasteiger partial charge in [0.1, 0.15) is 5.69 Å². The number of hydrogen-bond acceptors (Lipinski definition) is 3. The minimum Gasteiger partial charge on any atom is -0.342 e. The van der Waals surface area contributed by atoms with Crippen molar-refractivity contribution in [3.63, 3.8) is 0 Å². The van der Waals surface area contributed by atoms with Crippen molar-refractivity contribution >= 4 is 17.6 Å². The van der Waals surface area contributed by atoms with E-state index in [0.717, 1.165) is 29.8 Å². The highest BCUT2D eigenvalue weighted by molar-refractivity contribution is 5.89. The summed E-state index contributed by atoms with van der Waals surface area (Å²) in [5.74, 6) is 0.713. The molecule has 1 aromatic heterocycles. The van der Waals surface area contributed by atoms with Crippen LogP contribution >= 0.6 is 0 Å². The van der Waals surface area contributed by atoms with E-state index in [1.165, 1.54) is 11.6 Å². The van der Waals surface area contributed by atoms with Gasteiger partial charge in [0.05, 0.1) is 6.42 Å². The molecule has 0 unspecified atom stereocenters. The van der Waals surface area contributed by atoms with E-state index < -0.39 is 6.03 Å². The Kier molecular flexibility index (Phi) is 5.30. The minimum absolute atomic E-state index is 0.132. The lowest BCUT2D eigenvalue weighted by Gasteiger charge is -2.37. The molecule has 3 rings (SSSR count). The second-order valence-corrected chi connectivity index (χ2v) is 7.04. The fourth-order valence-electron chi connectivity index (χ4n) is 3.19. The van der Waals surface area contributed by atoms with Gasteiger partial charge in [0.25, 0.3) is 5.56 Å². The van der Waals surface area contributed by atoms with Gasteiger partial charge in [0, 0.05) is 38.9 Å². The third-order valence-electron chi connectivity index (χ3n) is 4.69. The molecule has 0 aliphatic carbocycles. The van der Waals surface area contributed by atoms with Crippen molar-refractivity contribution in [1.29, 1.82) is 0 Å². The molecule has 2 aromatic rings. The fraction of sp³-hybridized carbons (Fsp3) is 0.350. The standard InChI is InChI=1S/C20H24N4O3/c1-13-10-24(11-13)18(25)8-14-5-4-6-15(7-14)16-9-17(22-20(27)21-2)19(26)23(3)12-16/h4-7,9,12-13H,8,10-11H2,1-3H3,(H2,21,22,27). The first kappa shape index (κ1) is 18.7. The number of aryl methyl sites for hydroxylation is 1. The number of hydrogen-bond donors (Lipinski definition) is 2. The van der Waals surface area contributed by atoms with E-state index in [2.05, 4.69) is 17.6 Å². The molecule has 27 heavy (non-hydrogen) atoms. The average molecular weight is 368 g/mol. The highest BCUT2D eigenvalue weighted by atomic mass is 16.2. The summed E-state index contributed by atoms with van der Waals surface area (Å²) in [6.07, 6.45) is 2.07. The molecule has 0 radical (unpaired) electrons. The molecule has 7 heteroatoms. The number of rotatable bonds is 4. The summed E-state index contributed by atoms with van der Waals surface area (Å²) in [5.41, 5.74) is 2.50. The lowest BCUT2D eigenvalue weighted by atomic mass is 9.99. The van der Waals surface area contributed by atoms with E-state index in [1.54, 1.807) is 19.3 Å². The number of nitrogens with one attached hydrogen (secondary N) is 2. The molecule has 0 atom stereocenters. The van der Waals surface area contributed by atoms with Gasteiger partial charge in [0.15, 0.2) is 0 Å². The second kappa shape index (κ2) is 7.65. The molecule has 0 saturated carbocycles. The number of nitrogens with zero attached hydrogens (tertiary/aromatic N) is 2. The molecular weight excluding hydrogens is 344 g/mol. The number of carbonyl (C=O) groups is 2. The van der Waals surface area contributed by atoms with E-state index in [0.29, 0.717) is 12.3 Å². The van der Waals surface area contributed by atoms with Crippen LogP contribution < -0.4 is 16.2 Å². The van der Waals surface area contributed by atoms with E-state index >= 15 is 0 Å². The zero-order chi connectivity index (χ0) is 19.6. The van der Waals surface area contributed by atoms with Gasteiger partial charge in [0.2, 0.25) is 5.91 Å². The molecule has 1 saturated heterocycles. The molecule has 7 nitrogen and oxygen atoms in total. The van der Waals surface area contributed by atoms with Crippen LogP contribution in [0.2, 0.25) is 0 Å². The minimum atomic E-state index is -0.452. The van der Waals surface area contributed by atoms with Crippen LogP contribution in [0.4, 0.5) is 10.5 Å². The number of benzene rings is 1. The summed E-state index contributed by atoms with van der Waals surface area (Å²) >= 11 is 0. The smallest absolute Gasteiger partial charge is 0.319 e. The van der Waals surface area contributed by atoms with Crippen LogP contribution in [0.25, 0.3) is 11.1 Å². The molecule has 142 valence electrons. The molecule has 1 aliphatic heterocycles. The van der Waals surface area contributed by atoms with Gasteiger partial charge in [-0.2, -0.15) is 0 Å². The number of anilines is 1. The van der Waals surface area contributed by atoms with Crippen LogP contribution in [0.1, 0.15) is 12.5 Å². The maximum atomic E-state index is 12.3. The van der Waals surface area contributed by atoms with Crippen molar-refractivity contribution < 1.29 is 9.59 Å². The van der Waals surface area contributed by atoms with Gasteiger partial charge in [-0.25, -0.2) is 4.79 Å². The van der Waals surface area contributed by atoms with Crippen molar-refractivity contribution in [3.8, 4) is 11.1 Å². The summed E-state index contributed by atoms with van der Waals surface area (Å²) in [4.78, 5) is 38.0. The van der Waals surface area contributed by atoms with E-state index in [9.17, 15) is 14.4 Å². The highest BCUT2D eigenvalue weighted by Gasteiger charge is 2.26. The normalized spacial score (nSPS) is 13.8. The Hall–Kier alpha value is -3.09. The van der Waals surface area contributed by atoms with Crippen LogP contribution in [-0.2, 0) is 18.3 Å². The monoisotopic (exact) mass is 368 g/mol. The van der Waals surface area contributed by atoms with Gasteiger partial charge in [-0.15, -0.1) is 0 Å². The second-order valence-electron chi connectivity index (χ2n) is 7.04. The topological polar surface area (TPSA) is 83.4 Å². The Morgan fingerprint density at radius 2 is 1.93 bits per heavy atom. The Labute approximate surface area is 158 Å². The Bertz CT molecular complexity index is 929. The maximum absolute atomic E-state index is 12.3. The quantitative estimate of drug-likeness (QED) is 0.864. The van der Waals surface area contributed by atoms with Crippen molar-refractivity contribution in [2.45, 2.75) is 13.3 Å². The third-order valence-corrected chi connectivity index (χ3v) is 4.69. The van der Waals surface area contributed by atoms with E-state index in [1.807, 2.05) is 29.2 Å². The Morgan fingerprint density at radius 3 is 2.59 bits per heavy atom. The van der Waals surface area contributed by atoms with Crippen molar-refractivity contribution in [1.82, 2.24) is 14.8 Å². The number of amides is 3. The first-order valence-corrected chi connectivity index (χ1v) is 8.94. The van der Waals surface area contributed by atoms with Crippen molar-refractivity contribution in [2.75, 3.05) is 25.5 Å². The van der Waals surface area contributed by atoms with Crippen molar-refractivity contribution in [3.05, 3.63) is 52.4 Å². The first-order valence-electron chi connectivity index (χ1n) is 8.94. The molecule has 1 fully saturated rings. The maximum Gasteiger partial charge on any atom is 0.319 e. The highest BCUT2D eigenvalue weighted by Crippen LogP contribution is 2.23. The predicted molar refractivity (Wildman–Crippen MR) is 105 cm³/mol. The Balaban J connectivity index is 1.85. The van der Waals surface area contributed by atoms with Crippen LogP contribution in [-0.4, -0.2) is 41.5 Å². The molecule has 1 aliphatic rings. The van der Waals surface area contributed by atoms with Crippen molar-refractivity contribution in [2.24, 2.45) is 13.0 Å². The van der Waals surface area contributed by atoms with Crippen LogP contribution in [0, 0.1) is 5.92 Å². The summed E-state index contributed by atoms with van der Waals surface area (Å²) in [6.45, 7) is 3.79. The third kappa shape index (κ3) is 4.19. The van der Waals surface area contributed by atoms with Gasteiger partial charge >= 0.3 is 6.03 Å². The molecule has 0 spiro atoms. The number of urea groups is 1. The SMILES string of the molecule is CNC(=O)Nc1cc(-c2cccc(CC(=O)N3CC(C)C3)c2)cn(C)c1=O. The first-order chi connectivity index (χ1) is 12.9. The van der Waals surface area contributed by atoms with Crippen LogP contribution in [0.15, 0.2) is 41.3 Å². The molecule has 1 aromatic carbocycles. The number of aromatic nitrogens is 1. The number of likely N-dealkylation sites (tertiary alicyclic amines) is 1. The predicted octanol–water partition coefficient (Wildman–Crippen LogP) is 1.82. The summed E-state index contributed by atoms with van der Waals surface area (Å²) < 4.78 is 1.43. The zero-order valence-electron chi connectivity index (χ0n) is 15.8. The molecular formula is C20H24N4O3. The summed E-state index contributed by atoms with van der Waals surface area (Å²) in [5, 5.41) is 4.98. The lowest BCUT2D eigenvalue weighted by molar-refractivity contribution is -0.136. The van der Waals surface area contributed by atoms with Gasteiger partial charge in [-0.1, -0.05) is 31.2 Å². The van der Waals surface area contributed by atoms with Crippen LogP contribution in [0.5, 0.6) is 0 Å². The zero-order valence-corrected chi connectivity index (χ0v) is 15.8. The number of pyridine rings is 1. The lowest BCUT2D eigenvalue weighted by Crippen LogP contribution is -2.49. The molecule has 3 amide bonds. The van der Waals surface area contributed by atoms with Crippen LogP contribution in [0.3, 0.4) is 0 Å². The largest absolute Gasteiger partial charge is 0.342 e. The van der Waals surface area contributed by atoms with E-state index in [4.69, 9.17) is 0 Å². The molecule has 2 heterocycles. The average Bonchev–Trinajstić information content (AvgIpc) is 2.62. The summed E-state index contributed by atoms with van der Waals surface area (Å²) in [6, 6.07) is 8.89. The molecule has 2 N–H and O–H groups in total. The molecule has 0 bridgehead atoms. The number of carbonyl (C=O) groups excluding carboxylic acids is 2. The fourth-order valence-corrected chi connectivity index (χ4v) is 3.19.